The molecule has 18 heavy (non-hydrogen) atoms. The van der Waals surface area contributed by atoms with Crippen LogP contribution in [0.25, 0.3) is 0 Å². The molecule has 0 aliphatic carbocycles. The lowest BCUT2D eigenvalue weighted by molar-refractivity contribution is -0.158. The van der Waals surface area contributed by atoms with Crippen LogP contribution in [0.4, 0.5) is 0 Å². The van der Waals surface area contributed by atoms with Gasteiger partial charge in [-0.05, 0) is 20.8 Å². The Hall–Kier alpha value is -1.65. The van der Waals surface area contributed by atoms with Crippen LogP contribution >= 0.6 is 0 Å². The first-order valence-electron chi connectivity index (χ1n) is 6.14. The van der Waals surface area contributed by atoms with Crippen LogP contribution in [0.1, 0.15) is 33.5 Å². The van der Waals surface area contributed by atoms with E-state index in [0.29, 0.717) is 0 Å². The number of rotatable bonds is 6. The van der Waals surface area contributed by atoms with Crippen LogP contribution in [0, 0.1) is 5.41 Å². The highest BCUT2D eigenvalue weighted by molar-refractivity contribution is 6.02. The van der Waals surface area contributed by atoms with Gasteiger partial charge in [-0.2, -0.15) is 0 Å². The maximum Gasteiger partial charge on any atom is 0.319 e. The smallest absolute Gasteiger partial charge is 0.319 e. The van der Waals surface area contributed by atoms with Crippen molar-refractivity contribution in [1.29, 1.82) is 0 Å². The molecule has 1 rings (SSSR count). The third-order valence-corrected chi connectivity index (χ3v) is 2.91. The number of ketones is 1. The molecule has 0 atom stereocenters. The summed E-state index contributed by atoms with van der Waals surface area (Å²) in [5.41, 5.74) is -1.12. The lowest BCUT2D eigenvalue weighted by atomic mass is 9.88. The fraction of sp³-hybridized carbons (Fsp3) is 0.615. The van der Waals surface area contributed by atoms with Crippen LogP contribution in [0.5, 0.6) is 0 Å². The molecule has 0 saturated carbocycles. The molecule has 0 radical (unpaired) electrons. The van der Waals surface area contributed by atoms with Crippen LogP contribution in [0.3, 0.4) is 0 Å². The summed E-state index contributed by atoms with van der Waals surface area (Å²) < 4.78 is 6.69. The monoisotopic (exact) mass is 252 g/mol. The molecule has 0 N–H and O–H groups in total. The number of hydrogen-bond acceptors (Lipinski definition) is 4. The maximum atomic E-state index is 12.2. The van der Waals surface area contributed by atoms with Crippen molar-refractivity contribution in [2.45, 2.75) is 40.7 Å². The molecule has 0 aromatic carbocycles. The molecular formula is C13H20N2O3. The van der Waals surface area contributed by atoms with Crippen molar-refractivity contribution in [3.63, 3.8) is 0 Å². The van der Waals surface area contributed by atoms with Crippen molar-refractivity contribution in [3.05, 3.63) is 18.2 Å². The average Bonchev–Trinajstić information content (AvgIpc) is 2.76. The second kappa shape index (κ2) is 5.80. The van der Waals surface area contributed by atoms with E-state index in [9.17, 15) is 9.59 Å². The van der Waals surface area contributed by atoms with Gasteiger partial charge in [-0.3, -0.25) is 9.59 Å². The summed E-state index contributed by atoms with van der Waals surface area (Å²) >= 11 is 0. The van der Waals surface area contributed by atoms with Gasteiger partial charge in [-0.15, -0.1) is 0 Å². The first-order valence-corrected chi connectivity index (χ1v) is 6.14. The Morgan fingerprint density at radius 2 is 2.06 bits per heavy atom. The fourth-order valence-corrected chi connectivity index (χ4v) is 1.58. The predicted molar refractivity (Wildman–Crippen MR) is 67.0 cm³/mol. The molecule has 1 aromatic heterocycles. The van der Waals surface area contributed by atoms with Crippen molar-refractivity contribution in [3.8, 4) is 0 Å². The van der Waals surface area contributed by atoms with Crippen molar-refractivity contribution >= 4 is 11.8 Å². The zero-order valence-electron chi connectivity index (χ0n) is 11.4. The second-order valence-corrected chi connectivity index (χ2v) is 4.59. The van der Waals surface area contributed by atoms with Gasteiger partial charge in [-0.1, -0.05) is 6.92 Å². The standard InChI is InChI=1S/C13H20N2O3/c1-5-11-14-7-8-15(11)9-10(16)13(3,4)12(17)18-6-2/h7-8H,5-6,9H2,1-4H3. The van der Waals surface area contributed by atoms with E-state index in [1.807, 2.05) is 6.92 Å². The van der Waals surface area contributed by atoms with E-state index in [2.05, 4.69) is 4.98 Å². The molecule has 0 amide bonds. The van der Waals surface area contributed by atoms with E-state index in [0.717, 1.165) is 12.2 Å². The van der Waals surface area contributed by atoms with Gasteiger partial charge in [0.25, 0.3) is 0 Å². The molecule has 1 aromatic rings. The number of hydrogen-bond donors (Lipinski definition) is 0. The largest absolute Gasteiger partial charge is 0.465 e. The molecule has 0 aliphatic rings. The number of ether oxygens (including phenoxy) is 1. The normalized spacial score (nSPS) is 11.3. The predicted octanol–water partition coefficient (Wildman–Crippen LogP) is 1.60. The first kappa shape index (κ1) is 14.4. The number of esters is 1. The molecular weight excluding hydrogens is 232 g/mol. The Balaban J connectivity index is 2.79. The Morgan fingerprint density at radius 3 is 2.61 bits per heavy atom. The molecule has 100 valence electrons. The highest BCUT2D eigenvalue weighted by Gasteiger charge is 2.37. The van der Waals surface area contributed by atoms with Gasteiger partial charge in [0.05, 0.1) is 13.2 Å². The second-order valence-electron chi connectivity index (χ2n) is 4.59. The molecule has 0 aliphatic heterocycles. The summed E-state index contributed by atoms with van der Waals surface area (Å²) in [6.07, 6.45) is 4.15. The average molecular weight is 252 g/mol. The first-order chi connectivity index (χ1) is 8.43. The minimum atomic E-state index is -1.12. The number of carbonyl (C=O) groups excluding carboxylic acids is 2. The number of nitrogens with zero attached hydrogens (tertiary/aromatic N) is 2. The molecule has 0 fully saturated rings. The van der Waals surface area contributed by atoms with Crippen LogP contribution in [-0.4, -0.2) is 27.9 Å². The van der Waals surface area contributed by atoms with Crippen molar-refractivity contribution < 1.29 is 14.3 Å². The highest BCUT2D eigenvalue weighted by Crippen LogP contribution is 2.20. The van der Waals surface area contributed by atoms with Crippen LogP contribution in [0.15, 0.2) is 12.4 Å². The molecule has 1 heterocycles. The Bertz CT molecular complexity index is 435. The summed E-state index contributed by atoms with van der Waals surface area (Å²) in [4.78, 5) is 28.0. The minimum Gasteiger partial charge on any atom is -0.465 e. The number of aromatic nitrogens is 2. The van der Waals surface area contributed by atoms with Gasteiger partial charge in [-0.25, -0.2) is 4.98 Å². The lowest BCUT2D eigenvalue weighted by Crippen LogP contribution is -2.37. The summed E-state index contributed by atoms with van der Waals surface area (Å²) in [6, 6.07) is 0. The molecule has 0 bridgehead atoms. The SMILES string of the molecule is CCOC(=O)C(C)(C)C(=O)Cn1ccnc1CC. The van der Waals surface area contributed by atoms with E-state index in [4.69, 9.17) is 4.74 Å². The summed E-state index contributed by atoms with van der Waals surface area (Å²) in [6.45, 7) is 7.31. The Labute approximate surface area is 107 Å². The maximum absolute atomic E-state index is 12.2. The van der Waals surface area contributed by atoms with E-state index in [-0.39, 0.29) is 18.9 Å². The van der Waals surface area contributed by atoms with Gasteiger partial charge in [0.15, 0.2) is 5.78 Å². The van der Waals surface area contributed by atoms with Crippen LogP contribution in [0.2, 0.25) is 0 Å². The van der Waals surface area contributed by atoms with Crippen molar-refractivity contribution in [2.24, 2.45) is 5.41 Å². The van der Waals surface area contributed by atoms with Gasteiger partial charge < -0.3 is 9.30 Å². The van der Waals surface area contributed by atoms with E-state index < -0.39 is 11.4 Å². The molecule has 5 nitrogen and oxygen atoms in total. The minimum absolute atomic E-state index is 0.148. The Morgan fingerprint density at radius 1 is 1.39 bits per heavy atom. The van der Waals surface area contributed by atoms with Crippen LogP contribution in [-0.2, 0) is 27.3 Å². The zero-order chi connectivity index (χ0) is 13.8. The topological polar surface area (TPSA) is 61.2 Å². The summed E-state index contributed by atoms with van der Waals surface area (Å²) in [5, 5.41) is 0. The summed E-state index contributed by atoms with van der Waals surface area (Å²) in [7, 11) is 0. The number of carbonyl (C=O) groups is 2. The summed E-state index contributed by atoms with van der Waals surface area (Å²) in [5.74, 6) is 0.185. The molecule has 0 saturated heterocycles. The fourth-order valence-electron chi connectivity index (χ4n) is 1.58. The number of Topliss-reactive ketones (excluding diaryl/α,β-unsaturated/α-hetero) is 1. The van der Waals surface area contributed by atoms with Crippen LogP contribution < -0.4 is 0 Å². The lowest BCUT2D eigenvalue weighted by Gasteiger charge is -2.21. The Kier molecular flexibility index (Phi) is 4.64. The third kappa shape index (κ3) is 2.97. The van der Waals surface area contributed by atoms with E-state index >= 15 is 0 Å². The van der Waals surface area contributed by atoms with Gasteiger partial charge in [0, 0.05) is 18.8 Å². The highest BCUT2D eigenvalue weighted by atomic mass is 16.5. The molecule has 0 spiro atoms. The van der Waals surface area contributed by atoms with Gasteiger partial charge >= 0.3 is 5.97 Å². The van der Waals surface area contributed by atoms with E-state index in [1.165, 1.54) is 0 Å². The molecule has 0 unspecified atom stereocenters. The zero-order valence-corrected chi connectivity index (χ0v) is 11.4. The van der Waals surface area contributed by atoms with Crippen molar-refractivity contribution in [1.82, 2.24) is 9.55 Å². The quantitative estimate of drug-likeness (QED) is 0.570. The van der Waals surface area contributed by atoms with Gasteiger partial charge in [0.2, 0.25) is 0 Å². The van der Waals surface area contributed by atoms with E-state index in [1.54, 1.807) is 37.7 Å². The number of imidazole rings is 1. The third-order valence-electron chi connectivity index (χ3n) is 2.91. The molecule has 5 heteroatoms. The van der Waals surface area contributed by atoms with Crippen molar-refractivity contribution in [2.75, 3.05) is 6.61 Å². The number of aryl methyl sites for hydroxylation is 1. The van der Waals surface area contributed by atoms with Gasteiger partial charge in [0.1, 0.15) is 11.2 Å².